The monoisotopic (exact) mass is 466 g/mol. The zero-order chi connectivity index (χ0) is 25.3. The lowest BCUT2D eigenvalue weighted by atomic mass is 9.83. The van der Waals surface area contributed by atoms with Crippen molar-refractivity contribution in [2.45, 2.75) is 101 Å². The Kier molecular flexibility index (Phi) is 11.5. The minimum atomic E-state index is 0.647. The molecule has 0 aliphatic heterocycles. The number of aromatic nitrogens is 1. The third-order valence-corrected chi connectivity index (χ3v) is 6.50. The Morgan fingerprint density at radius 2 is 1.09 bits per heavy atom. The fourth-order valence-electron chi connectivity index (χ4n) is 5.10. The van der Waals surface area contributed by atoms with Crippen LogP contribution in [0.4, 0.5) is 5.82 Å². The summed E-state index contributed by atoms with van der Waals surface area (Å²) < 4.78 is 0. The first-order valence-electron chi connectivity index (χ1n) is 13.5. The molecule has 0 bridgehead atoms. The van der Waals surface area contributed by atoms with Crippen molar-refractivity contribution in [1.82, 2.24) is 15.6 Å². The normalized spacial score (nSPS) is 11.6. The number of nitrogens with one attached hydrogen (secondary N) is 3. The number of benzene rings is 1. The molecule has 4 nitrogen and oxygen atoms in total. The zero-order valence-corrected chi connectivity index (χ0v) is 23.4. The second-order valence-electron chi connectivity index (χ2n) is 10.5. The molecule has 34 heavy (non-hydrogen) atoms. The van der Waals surface area contributed by atoms with E-state index in [1.54, 1.807) is 5.56 Å². The summed E-state index contributed by atoms with van der Waals surface area (Å²) in [5, 5.41) is 11.2. The van der Waals surface area contributed by atoms with Crippen LogP contribution in [-0.4, -0.2) is 18.1 Å². The van der Waals surface area contributed by atoms with Gasteiger partial charge in [-0.1, -0.05) is 48.5 Å². The highest BCUT2D eigenvalue weighted by Gasteiger charge is 2.21. The van der Waals surface area contributed by atoms with Crippen LogP contribution in [0.1, 0.15) is 93.1 Å². The number of nitrogens with zero attached hydrogens (tertiary/aromatic N) is 1. The van der Waals surface area contributed by atoms with Gasteiger partial charge in [-0.25, -0.2) is 4.98 Å². The van der Waals surface area contributed by atoms with Gasteiger partial charge in [-0.3, -0.25) is 0 Å². The van der Waals surface area contributed by atoms with Gasteiger partial charge in [-0.15, -0.1) is 0 Å². The van der Waals surface area contributed by atoms with E-state index in [0.29, 0.717) is 11.8 Å². The van der Waals surface area contributed by atoms with Crippen molar-refractivity contribution in [3.63, 3.8) is 0 Å². The molecule has 0 saturated heterocycles. The molecule has 0 amide bonds. The summed E-state index contributed by atoms with van der Waals surface area (Å²) in [5.41, 5.74) is 11.4. The van der Waals surface area contributed by atoms with Crippen molar-refractivity contribution < 1.29 is 0 Å². The van der Waals surface area contributed by atoms with E-state index in [1.165, 1.54) is 33.4 Å². The number of pyridine rings is 1. The molecule has 0 saturated carbocycles. The van der Waals surface area contributed by atoms with E-state index < -0.39 is 0 Å². The fraction of sp³-hybridized carbons (Fsp3) is 0.633. The summed E-state index contributed by atoms with van der Waals surface area (Å²) in [6, 6.07) is 4.29. The van der Waals surface area contributed by atoms with Gasteiger partial charge in [-0.2, -0.15) is 0 Å². The number of hydrogen-bond donors (Lipinski definition) is 3. The maximum absolute atomic E-state index is 4.74. The summed E-state index contributed by atoms with van der Waals surface area (Å²) in [7, 11) is 0. The van der Waals surface area contributed by atoms with Crippen LogP contribution in [0.25, 0.3) is 0 Å². The summed E-state index contributed by atoms with van der Waals surface area (Å²) in [4.78, 5) is 4.74. The van der Waals surface area contributed by atoms with Crippen LogP contribution >= 0.6 is 0 Å². The number of aryl methyl sites for hydroxylation is 2. The molecule has 1 aromatic carbocycles. The molecule has 2 rings (SSSR count). The van der Waals surface area contributed by atoms with Crippen molar-refractivity contribution in [3.8, 4) is 0 Å². The zero-order valence-electron chi connectivity index (χ0n) is 23.4. The lowest BCUT2D eigenvalue weighted by Gasteiger charge is -2.27. The molecule has 0 spiro atoms. The molecule has 1 heterocycles. The number of anilines is 1. The Labute approximate surface area is 209 Å². The lowest BCUT2D eigenvalue weighted by molar-refractivity contribution is 0.542. The van der Waals surface area contributed by atoms with Gasteiger partial charge in [-0.05, 0) is 109 Å². The molecule has 0 radical (unpaired) electrons. The van der Waals surface area contributed by atoms with Gasteiger partial charge in [0.05, 0.1) is 0 Å². The quantitative estimate of drug-likeness (QED) is 0.298. The third kappa shape index (κ3) is 7.81. The van der Waals surface area contributed by atoms with Crippen LogP contribution in [-0.2, 0) is 38.9 Å². The van der Waals surface area contributed by atoms with Crippen LogP contribution < -0.4 is 16.0 Å². The van der Waals surface area contributed by atoms with E-state index in [4.69, 9.17) is 4.98 Å². The predicted octanol–water partition coefficient (Wildman–Crippen LogP) is 6.49. The van der Waals surface area contributed by atoms with Crippen molar-refractivity contribution in [1.29, 1.82) is 0 Å². The molecular formula is C30H50N4. The molecule has 3 N–H and O–H groups in total. The van der Waals surface area contributed by atoms with Crippen molar-refractivity contribution >= 4 is 5.82 Å². The van der Waals surface area contributed by atoms with E-state index in [2.05, 4.69) is 90.4 Å². The first-order chi connectivity index (χ1) is 16.2. The van der Waals surface area contributed by atoms with Crippen LogP contribution in [0.2, 0.25) is 0 Å². The molecular weight excluding hydrogens is 416 g/mol. The number of rotatable bonds is 14. The molecule has 0 atom stereocenters. The molecule has 190 valence electrons. The van der Waals surface area contributed by atoms with Crippen molar-refractivity contribution in [2.75, 3.05) is 18.4 Å². The minimum Gasteiger partial charge on any atom is -0.366 e. The largest absolute Gasteiger partial charge is 0.366 e. The van der Waals surface area contributed by atoms with E-state index in [1.807, 2.05) is 0 Å². The Morgan fingerprint density at radius 3 is 1.47 bits per heavy atom. The highest BCUT2D eigenvalue weighted by molar-refractivity contribution is 5.54. The Hall–Kier alpha value is -1.91. The Bertz CT molecular complexity index is 851. The second kappa shape index (κ2) is 13.8. The standard InChI is InChI=1S/C30H50N4/c1-10-24-27(17-31-15-20(4)5)25(11-2)29(19-33-30-14-22(8)13-23(9)34-30)26(12-3)28(24)18-32-16-21(6)7/h13-14,20-21,31-32H,10-12,15-19H2,1-9H3,(H,33,34). The number of hydrogen-bond acceptors (Lipinski definition) is 4. The first kappa shape index (κ1) is 28.3. The van der Waals surface area contributed by atoms with Crippen molar-refractivity contribution in [3.05, 3.63) is 56.8 Å². The Balaban J connectivity index is 2.56. The summed E-state index contributed by atoms with van der Waals surface area (Å²) >= 11 is 0. The topological polar surface area (TPSA) is 49.0 Å². The average molecular weight is 467 g/mol. The first-order valence-corrected chi connectivity index (χ1v) is 13.5. The molecule has 4 heteroatoms. The van der Waals surface area contributed by atoms with E-state index in [0.717, 1.165) is 63.5 Å². The summed E-state index contributed by atoms with van der Waals surface area (Å²) in [6.07, 6.45) is 3.18. The van der Waals surface area contributed by atoms with E-state index >= 15 is 0 Å². The summed E-state index contributed by atoms with van der Waals surface area (Å²) in [6.45, 7) is 25.1. The summed E-state index contributed by atoms with van der Waals surface area (Å²) in [5.74, 6) is 2.27. The molecule has 0 unspecified atom stereocenters. The van der Waals surface area contributed by atoms with Gasteiger partial charge in [0.15, 0.2) is 0 Å². The maximum atomic E-state index is 4.74. The fourth-order valence-corrected chi connectivity index (χ4v) is 5.10. The lowest BCUT2D eigenvalue weighted by Crippen LogP contribution is -2.26. The minimum absolute atomic E-state index is 0.647. The molecule has 0 aliphatic carbocycles. The highest BCUT2D eigenvalue weighted by atomic mass is 15.0. The molecule has 1 aromatic heterocycles. The van der Waals surface area contributed by atoms with Crippen molar-refractivity contribution in [2.24, 2.45) is 11.8 Å². The smallest absolute Gasteiger partial charge is 0.126 e. The van der Waals surface area contributed by atoms with Gasteiger partial charge >= 0.3 is 0 Å². The predicted molar refractivity (Wildman–Crippen MR) is 149 cm³/mol. The third-order valence-electron chi connectivity index (χ3n) is 6.50. The highest BCUT2D eigenvalue weighted by Crippen LogP contribution is 2.31. The molecule has 0 aliphatic rings. The maximum Gasteiger partial charge on any atom is 0.126 e. The van der Waals surface area contributed by atoms with Crippen LogP contribution in [0, 0.1) is 25.7 Å². The SMILES string of the molecule is CCc1c(CNCC(C)C)c(CC)c(CNc2cc(C)cc(C)n2)c(CC)c1CNCC(C)C. The van der Waals surface area contributed by atoms with E-state index in [9.17, 15) is 0 Å². The van der Waals surface area contributed by atoms with Gasteiger partial charge in [0.2, 0.25) is 0 Å². The van der Waals surface area contributed by atoms with Crippen LogP contribution in [0.15, 0.2) is 12.1 Å². The van der Waals surface area contributed by atoms with Gasteiger partial charge < -0.3 is 16.0 Å². The van der Waals surface area contributed by atoms with Gasteiger partial charge in [0.25, 0.3) is 0 Å². The average Bonchev–Trinajstić information content (AvgIpc) is 2.76. The molecule has 2 aromatic rings. The van der Waals surface area contributed by atoms with Crippen LogP contribution in [0.5, 0.6) is 0 Å². The van der Waals surface area contributed by atoms with E-state index in [-0.39, 0.29) is 0 Å². The van der Waals surface area contributed by atoms with Gasteiger partial charge in [0, 0.05) is 25.3 Å². The second-order valence-corrected chi connectivity index (χ2v) is 10.5. The van der Waals surface area contributed by atoms with Gasteiger partial charge in [0.1, 0.15) is 5.82 Å². The molecule has 0 fully saturated rings. The Morgan fingerprint density at radius 1 is 0.647 bits per heavy atom. The van der Waals surface area contributed by atoms with Crippen LogP contribution in [0.3, 0.4) is 0 Å².